The Morgan fingerprint density at radius 3 is 2.46 bits per heavy atom. The molecule has 0 unspecified atom stereocenters. The Bertz CT molecular complexity index is 1760. The summed E-state index contributed by atoms with van der Waals surface area (Å²) < 4.78 is 18.2. The van der Waals surface area contributed by atoms with Gasteiger partial charge < -0.3 is 30.2 Å². The number of nitrogens with two attached hydrogens (primary N) is 2. The molecule has 4 N–H and O–H groups in total. The van der Waals surface area contributed by atoms with Gasteiger partial charge in [0.2, 0.25) is 11.4 Å². The highest BCUT2D eigenvalue weighted by atomic mass is 16.5. The lowest BCUT2D eigenvalue weighted by atomic mass is 10.0. The van der Waals surface area contributed by atoms with Crippen molar-refractivity contribution in [1.29, 1.82) is 0 Å². The Labute approximate surface area is 238 Å². The number of carbonyl (C=O) groups is 1. The summed E-state index contributed by atoms with van der Waals surface area (Å²) in [5.74, 6) is 7.13. The van der Waals surface area contributed by atoms with Crippen LogP contribution in [0.4, 0.5) is 11.8 Å². The largest absolute Gasteiger partial charge is 0.493 e. The van der Waals surface area contributed by atoms with E-state index in [1.807, 2.05) is 43.5 Å². The van der Waals surface area contributed by atoms with Crippen LogP contribution < -0.4 is 26.4 Å². The van der Waals surface area contributed by atoms with Gasteiger partial charge in [-0.25, -0.2) is 9.78 Å². The number of benzene rings is 2. The number of nitrogens with zero attached hydrogens (tertiary/aromatic N) is 3. The lowest BCUT2D eigenvalue weighted by Crippen LogP contribution is -2.28. The number of carbonyl (C=O) groups excluding carboxylic acids is 1. The van der Waals surface area contributed by atoms with E-state index in [2.05, 4.69) is 21.8 Å². The number of rotatable bonds is 6. The fourth-order valence-electron chi connectivity index (χ4n) is 4.46. The molecule has 212 valence electrons. The van der Waals surface area contributed by atoms with Crippen molar-refractivity contribution in [3.63, 3.8) is 0 Å². The van der Waals surface area contributed by atoms with Crippen molar-refractivity contribution >= 4 is 28.6 Å². The first kappa shape index (κ1) is 29.0. The van der Waals surface area contributed by atoms with Crippen molar-refractivity contribution in [3.8, 4) is 23.3 Å². The zero-order chi connectivity index (χ0) is 29.9. The molecule has 0 atom stereocenters. The summed E-state index contributed by atoms with van der Waals surface area (Å²) in [5.41, 5.74) is 14.3. The lowest BCUT2D eigenvalue weighted by molar-refractivity contribution is 0.0524. The van der Waals surface area contributed by atoms with E-state index in [1.54, 1.807) is 45.7 Å². The van der Waals surface area contributed by atoms with E-state index in [4.69, 9.17) is 25.7 Å². The van der Waals surface area contributed by atoms with Crippen LogP contribution in [0.5, 0.6) is 11.5 Å². The van der Waals surface area contributed by atoms with Gasteiger partial charge in [-0.2, -0.15) is 4.98 Å². The van der Waals surface area contributed by atoms with E-state index in [9.17, 15) is 9.59 Å². The molecule has 0 aliphatic heterocycles. The molecular weight excluding hydrogens is 522 g/mol. The summed E-state index contributed by atoms with van der Waals surface area (Å²) >= 11 is 0. The van der Waals surface area contributed by atoms with Crippen LogP contribution in [0.1, 0.15) is 60.3 Å². The SMILES string of the molecule is CCOC(=O)c1cn(C(C)(C)C)c2cc(C#Cc3cc(Cc4cnc(N)nc4N)cc(OC)c3OC)ccc2c1=O. The molecule has 0 fully saturated rings. The van der Waals surface area contributed by atoms with Gasteiger partial charge >= 0.3 is 5.97 Å². The number of fused-ring (bicyclic) bond motifs is 1. The van der Waals surface area contributed by atoms with Crippen molar-refractivity contribution in [1.82, 2.24) is 14.5 Å². The fourth-order valence-corrected chi connectivity index (χ4v) is 4.46. The van der Waals surface area contributed by atoms with Crippen LogP contribution in [0.25, 0.3) is 10.9 Å². The van der Waals surface area contributed by atoms with Gasteiger partial charge in [0.15, 0.2) is 11.5 Å². The number of pyridine rings is 1. The van der Waals surface area contributed by atoms with Crippen LogP contribution in [0.3, 0.4) is 0 Å². The monoisotopic (exact) mass is 555 g/mol. The Morgan fingerprint density at radius 2 is 1.83 bits per heavy atom. The number of hydrogen-bond donors (Lipinski definition) is 2. The maximum Gasteiger partial charge on any atom is 0.343 e. The molecule has 10 nitrogen and oxygen atoms in total. The average Bonchev–Trinajstić information content (AvgIpc) is 2.92. The van der Waals surface area contributed by atoms with E-state index in [-0.39, 0.29) is 23.5 Å². The summed E-state index contributed by atoms with van der Waals surface area (Å²) in [7, 11) is 3.10. The van der Waals surface area contributed by atoms with Gasteiger partial charge in [-0.15, -0.1) is 0 Å². The highest BCUT2D eigenvalue weighted by Gasteiger charge is 2.22. The smallest absolute Gasteiger partial charge is 0.343 e. The standard InChI is InChI=1S/C31H33N5O5/c1-7-41-29(38)23-17-36(31(2,3)4)24-14-18(9-11-22(24)26(23)37)8-10-20-12-19(15-25(39-5)27(20)40-6)13-21-16-34-30(33)35-28(21)32/h9,11-12,14-17H,7,13H2,1-6H3,(H4,32,33,34,35). The zero-order valence-corrected chi connectivity index (χ0v) is 24.0. The Hall–Kier alpha value is -5.04. The fraction of sp³-hybridized carbons (Fsp3) is 0.290. The average molecular weight is 556 g/mol. The van der Waals surface area contributed by atoms with E-state index < -0.39 is 11.5 Å². The third-order valence-electron chi connectivity index (χ3n) is 6.41. The minimum absolute atomic E-state index is 0.00565. The van der Waals surface area contributed by atoms with Crippen molar-refractivity contribution in [2.45, 2.75) is 39.7 Å². The van der Waals surface area contributed by atoms with Gasteiger partial charge in [-0.3, -0.25) is 4.79 Å². The van der Waals surface area contributed by atoms with Crippen molar-refractivity contribution in [2.75, 3.05) is 32.3 Å². The molecule has 4 aromatic rings. The molecular formula is C31H33N5O5. The number of esters is 1. The second-order valence-electron chi connectivity index (χ2n) is 10.3. The topological polar surface area (TPSA) is 145 Å². The molecule has 2 heterocycles. The minimum atomic E-state index is -0.644. The minimum Gasteiger partial charge on any atom is -0.493 e. The van der Waals surface area contributed by atoms with Crippen LogP contribution in [-0.4, -0.2) is 41.3 Å². The maximum atomic E-state index is 13.2. The number of anilines is 2. The highest BCUT2D eigenvalue weighted by Crippen LogP contribution is 2.33. The Kier molecular flexibility index (Phi) is 8.19. The first-order valence-electron chi connectivity index (χ1n) is 13.0. The quantitative estimate of drug-likeness (QED) is 0.267. The lowest BCUT2D eigenvalue weighted by Gasteiger charge is -2.26. The third kappa shape index (κ3) is 6.09. The first-order chi connectivity index (χ1) is 19.5. The molecule has 0 bridgehead atoms. The molecule has 0 aliphatic rings. The number of nitrogen functional groups attached to an aromatic ring is 2. The van der Waals surface area contributed by atoms with Gasteiger partial charge in [0.25, 0.3) is 0 Å². The van der Waals surface area contributed by atoms with Crippen molar-refractivity contribution in [2.24, 2.45) is 0 Å². The number of ether oxygens (including phenoxy) is 3. The predicted molar refractivity (Wildman–Crippen MR) is 158 cm³/mol. The van der Waals surface area contributed by atoms with Gasteiger partial charge in [-0.1, -0.05) is 11.8 Å². The van der Waals surface area contributed by atoms with Crippen LogP contribution in [0.15, 0.2) is 47.5 Å². The second kappa shape index (κ2) is 11.6. The van der Waals surface area contributed by atoms with E-state index in [0.717, 1.165) is 5.56 Å². The summed E-state index contributed by atoms with van der Waals surface area (Å²) in [6.45, 7) is 7.86. The predicted octanol–water partition coefficient (Wildman–Crippen LogP) is 3.90. The van der Waals surface area contributed by atoms with Crippen LogP contribution in [0, 0.1) is 11.8 Å². The van der Waals surface area contributed by atoms with E-state index >= 15 is 0 Å². The van der Waals surface area contributed by atoms with Crippen molar-refractivity contribution in [3.05, 3.63) is 80.8 Å². The van der Waals surface area contributed by atoms with Gasteiger partial charge in [0, 0.05) is 40.9 Å². The van der Waals surface area contributed by atoms with Gasteiger partial charge in [-0.05, 0) is 63.6 Å². The molecule has 0 aliphatic carbocycles. The van der Waals surface area contributed by atoms with E-state index in [0.29, 0.717) is 51.3 Å². The van der Waals surface area contributed by atoms with E-state index in [1.165, 1.54) is 0 Å². The summed E-state index contributed by atoms with van der Waals surface area (Å²) in [5, 5.41) is 0.403. The molecule has 4 rings (SSSR count). The zero-order valence-electron chi connectivity index (χ0n) is 24.0. The van der Waals surface area contributed by atoms with Gasteiger partial charge in [0.05, 0.1) is 31.9 Å². The summed E-state index contributed by atoms with van der Waals surface area (Å²) in [6.07, 6.45) is 3.58. The molecule has 0 spiro atoms. The molecule has 0 amide bonds. The second-order valence-corrected chi connectivity index (χ2v) is 10.3. The van der Waals surface area contributed by atoms with Crippen LogP contribution >= 0.6 is 0 Å². The molecule has 0 saturated carbocycles. The van der Waals surface area contributed by atoms with Crippen LogP contribution in [0.2, 0.25) is 0 Å². The molecule has 10 heteroatoms. The first-order valence-corrected chi connectivity index (χ1v) is 13.0. The highest BCUT2D eigenvalue weighted by molar-refractivity contribution is 5.94. The van der Waals surface area contributed by atoms with Crippen LogP contribution in [-0.2, 0) is 16.7 Å². The maximum absolute atomic E-state index is 13.2. The summed E-state index contributed by atoms with van der Waals surface area (Å²) in [6, 6.07) is 9.01. The molecule has 41 heavy (non-hydrogen) atoms. The Balaban J connectivity index is 1.82. The normalized spacial score (nSPS) is 11.1. The molecule has 0 radical (unpaired) electrons. The number of methoxy groups -OCH3 is 2. The molecule has 0 saturated heterocycles. The van der Waals surface area contributed by atoms with Gasteiger partial charge in [0.1, 0.15) is 11.4 Å². The van der Waals surface area contributed by atoms with Crippen molar-refractivity contribution < 1.29 is 19.0 Å². The number of aromatic nitrogens is 3. The molecule has 2 aromatic carbocycles. The Morgan fingerprint density at radius 1 is 1.07 bits per heavy atom. The number of hydrogen-bond acceptors (Lipinski definition) is 9. The molecule has 2 aromatic heterocycles. The third-order valence-corrected chi connectivity index (χ3v) is 6.41. The summed E-state index contributed by atoms with van der Waals surface area (Å²) in [4.78, 5) is 33.8.